The summed E-state index contributed by atoms with van der Waals surface area (Å²) in [6, 6.07) is 0.0865. The van der Waals surface area contributed by atoms with Crippen LogP contribution in [-0.2, 0) is 23.1 Å². The number of hydrogen-bond acceptors (Lipinski definition) is 3. The topological polar surface area (TPSA) is 75.4 Å². The lowest BCUT2D eigenvalue weighted by Gasteiger charge is -2.35. The summed E-state index contributed by atoms with van der Waals surface area (Å²) in [5.74, 6) is -0.646. The van der Waals surface area contributed by atoms with E-state index >= 15 is 0 Å². The maximum Gasteiger partial charge on any atom is 0.303 e. The third kappa shape index (κ3) is 4.33. The molecule has 0 saturated carbocycles. The second-order valence-corrected chi connectivity index (χ2v) is 6.44. The van der Waals surface area contributed by atoms with Gasteiger partial charge in [-0.25, -0.2) is 0 Å². The van der Waals surface area contributed by atoms with Gasteiger partial charge in [0.25, 0.3) is 0 Å². The van der Waals surface area contributed by atoms with Crippen molar-refractivity contribution in [2.24, 2.45) is 7.05 Å². The van der Waals surface area contributed by atoms with Crippen molar-refractivity contribution in [1.82, 2.24) is 14.7 Å². The minimum absolute atomic E-state index is 0.0865. The van der Waals surface area contributed by atoms with Gasteiger partial charge in [0, 0.05) is 38.2 Å². The molecule has 0 bridgehead atoms. The summed E-state index contributed by atoms with van der Waals surface area (Å²) in [7, 11) is 1.92. The summed E-state index contributed by atoms with van der Waals surface area (Å²) < 4.78 is 1.85. The minimum Gasteiger partial charge on any atom is -0.481 e. The zero-order chi connectivity index (χ0) is 17.0. The molecule has 1 aliphatic rings. The largest absolute Gasteiger partial charge is 0.481 e. The lowest BCUT2D eigenvalue weighted by Crippen LogP contribution is -2.44. The quantitative estimate of drug-likeness (QED) is 0.871. The zero-order valence-corrected chi connectivity index (χ0v) is 14.3. The number of nitrogens with zero attached hydrogens (tertiary/aromatic N) is 3. The number of carbonyl (C=O) groups is 2. The minimum atomic E-state index is -0.787. The van der Waals surface area contributed by atoms with Crippen LogP contribution in [0.1, 0.15) is 55.5 Å². The van der Waals surface area contributed by atoms with Gasteiger partial charge in [0.1, 0.15) is 0 Å². The van der Waals surface area contributed by atoms with E-state index in [4.69, 9.17) is 5.11 Å². The molecule has 6 heteroatoms. The van der Waals surface area contributed by atoms with E-state index in [1.165, 1.54) is 0 Å². The van der Waals surface area contributed by atoms with Crippen LogP contribution in [0.3, 0.4) is 0 Å². The molecular weight excluding hydrogens is 294 g/mol. The van der Waals surface area contributed by atoms with Crippen molar-refractivity contribution >= 4 is 11.9 Å². The van der Waals surface area contributed by atoms with Crippen LogP contribution in [0.25, 0.3) is 0 Å². The van der Waals surface area contributed by atoms with Gasteiger partial charge in [-0.2, -0.15) is 5.10 Å². The molecule has 1 saturated heterocycles. The lowest BCUT2D eigenvalue weighted by molar-refractivity contribution is -0.140. The summed E-state index contributed by atoms with van der Waals surface area (Å²) in [6.45, 7) is 4.76. The van der Waals surface area contributed by atoms with Crippen LogP contribution < -0.4 is 0 Å². The first-order valence-corrected chi connectivity index (χ1v) is 8.40. The second kappa shape index (κ2) is 7.62. The van der Waals surface area contributed by atoms with Crippen LogP contribution >= 0.6 is 0 Å². The Morgan fingerprint density at radius 1 is 1.26 bits per heavy atom. The molecule has 2 heterocycles. The fraction of sp³-hybridized carbons (Fsp3) is 0.706. The molecule has 1 amide bonds. The third-order valence-electron chi connectivity index (χ3n) is 4.89. The summed E-state index contributed by atoms with van der Waals surface area (Å²) in [5, 5.41) is 13.3. The molecule has 0 aromatic carbocycles. The Bertz CT molecular complexity index is 580. The highest BCUT2D eigenvalue weighted by atomic mass is 16.4. The van der Waals surface area contributed by atoms with Gasteiger partial charge >= 0.3 is 5.97 Å². The van der Waals surface area contributed by atoms with E-state index in [1.807, 2.05) is 30.5 Å². The molecule has 1 aromatic heterocycles. The number of aromatic nitrogens is 2. The molecule has 0 spiro atoms. The van der Waals surface area contributed by atoms with Crippen molar-refractivity contribution < 1.29 is 14.7 Å². The highest BCUT2D eigenvalue weighted by Gasteiger charge is 2.27. The van der Waals surface area contributed by atoms with E-state index in [0.29, 0.717) is 19.3 Å². The van der Waals surface area contributed by atoms with Crippen molar-refractivity contribution in [3.63, 3.8) is 0 Å². The Hall–Kier alpha value is -1.85. The van der Waals surface area contributed by atoms with Crippen molar-refractivity contribution in [2.45, 2.75) is 64.8 Å². The summed E-state index contributed by atoms with van der Waals surface area (Å²) >= 11 is 0. The maximum atomic E-state index is 12.6. The van der Waals surface area contributed by atoms with Crippen LogP contribution in [0.4, 0.5) is 0 Å². The van der Waals surface area contributed by atoms with Crippen molar-refractivity contribution in [3.05, 3.63) is 17.0 Å². The molecule has 6 nitrogen and oxygen atoms in total. The number of rotatable bonds is 6. The van der Waals surface area contributed by atoms with Gasteiger partial charge in [-0.3, -0.25) is 14.3 Å². The molecule has 1 fully saturated rings. The standard InChI is InChI=1S/C17H27N3O3/c1-12-15(13(2)19(3)18-12)8-9-16(21)20-11-5-4-6-14(20)7-10-17(22)23/h14H,4-11H2,1-3H3,(H,22,23)/t14-/m0/s1. The number of carboxylic acid groups (broad SMARTS) is 1. The molecule has 1 aliphatic heterocycles. The Labute approximate surface area is 137 Å². The van der Waals surface area contributed by atoms with Crippen LogP contribution in [-0.4, -0.2) is 44.3 Å². The highest BCUT2D eigenvalue weighted by Crippen LogP contribution is 2.23. The molecule has 1 N–H and O–H groups in total. The first kappa shape index (κ1) is 17.5. The van der Waals surface area contributed by atoms with Crippen LogP contribution in [0.15, 0.2) is 0 Å². The Morgan fingerprint density at radius 2 is 2.00 bits per heavy atom. The smallest absolute Gasteiger partial charge is 0.303 e. The van der Waals surface area contributed by atoms with E-state index in [0.717, 1.165) is 42.8 Å². The number of carbonyl (C=O) groups excluding carboxylic acids is 1. The molecule has 0 aliphatic carbocycles. The molecule has 0 radical (unpaired) electrons. The number of hydrogen-bond donors (Lipinski definition) is 1. The number of piperidine rings is 1. The number of aliphatic carboxylic acids is 1. The predicted molar refractivity (Wildman–Crippen MR) is 87.2 cm³/mol. The molecule has 1 atom stereocenters. The summed E-state index contributed by atoms with van der Waals surface area (Å²) in [6.07, 6.45) is 4.88. The molecule has 2 rings (SSSR count). The van der Waals surface area contributed by atoms with E-state index in [1.54, 1.807) is 0 Å². The van der Waals surface area contributed by atoms with E-state index in [-0.39, 0.29) is 18.4 Å². The predicted octanol–water partition coefficient (Wildman–Crippen LogP) is 2.22. The average molecular weight is 321 g/mol. The van der Waals surface area contributed by atoms with E-state index < -0.39 is 5.97 Å². The number of likely N-dealkylation sites (tertiary alicyclic amines) is 1. The highest BCUT2D eigenvalue weighted by molar-refractivity contribution is 5.77. The van der Waals surface area contributed by atoms with E-state index in [9.17, 15) is 9.59 Å². The van der Waals surface area contributed by atoms with Gasteiger partial charge in [0.15, 0.2) is 0 Å². The summed E-state index contributed by atoms with van der Waals surface area (Å²) in [4.78, 5) is 25.3. The van der Waals surface area contributed by atoms with Gasteiger partial charge in [-0.15, -0.1) is 0 Å². The van der Waals surface area contributed by atoms with Gasteiger partial charge in [0.2, 0.25) is 5.91 Å². The lowest BCUT2D eigenvalue weighted by atomic mass is 9.97. The maximum absolute atomic E-state index is 12.6. The van der Waals surface area contributed by atoms with Crippen LogP contribution in [0.2, 0.25) is 0 Å². The Kier molecular flexibility index (Phi) is 5.80. The first-order chi connectivity index (χ1) is 10.9. The summed E-state index contributed by atoms with van der Waals surface area (Å²) in [5.41, 5.74) is 3.25. The fourth-order valence-corrected chi connectivity index (χ4v) is 3.47. The number of aryl methyl sites for hydroxylation is 2. The number of amides is 1. The first-order valence-electron chi connectivity index (χ1n) is 8.40. The second-order valence-electron chi connectivity index (χ2n) is 6.44. The molecular formula is C17H27N3O3. The van der Waals surface area contributed by atoms with Gasteiger partial charge in [-0.05, 0) is 51.5 Å². The van der Waals surface area contributed by atoms with Gasteiger partial charge < -0.3 is 10.0 Å². The zero-order valence-electron chi connectivity index (χ0n) is 14.3. The Morgan fingerprint density at radius 3 is 2.61 bits per heavy atom. The van der Waals surface area contributed by atoms with Crippen molar-refractivity contribution in [1.29, 1.82) is 0 Å². The van der Waals surface area contributed by atoms with Crippen LogP contribution in [0.5, 0.6) is 0 Å². The molecule has 0 unspecified atom stereocenters. The molecule has 23 heavy (non-hydrogen) atoms. The van der Waals surface area contributed by atoms with Gasteiger partial charge in [0.05, 0.1) is 5.69 Å². The molecule has 128 valence electrons. The average Bonchev–Trinajstić information content (AvgIpc) is 2.76. The van der Waals surface area contributed by atoms with Gasteiger partial charge in [-0.1, -0.05) is 0 Å². The fourth-order valence-electron chi connectivity index (χ4n) is 3.47. The van der Waals surface area contributed by atoms with Crippen LogP contribution in [0, 0.1) is 13.8 Å². The number of carboxylic acids is 1. The normalized spacial score (nSPS) is 18.2. The molecule has 1 aromatic rings. The monoisotopic (exact) mass is 321 g/mol. The Balaban J connectivity index is 1.96. The van der Waals surface area contributed by atoms with Crippen molar-refractivity contribution in [3.8, 4) is 0 Å². The van der Waals surface area contributed by atoms with E-state index in [2.05, 4.69) is 5.10 Å². The SMILES string of the molecule is Cc1nn(C)c(C)c1CCC(=O)N1CCCC[C@H]1CCC(=O)O. The third-order valence-corrected chi connectivity index (χ3v) is 4.89. The van der Waals surface area contributed by atoms with Crippen molar-refractivity contribution in [2.75, 3.05) is 6.54 Å².